The minimum Gasteiger partial charge on any atom is -0.373 e. The van der Waals surface area contributed by atoms with Crippen LogP contribution in [0.5, 0.6) is 0 Å². The van der Waals surface area contributed by atoms with Gasteiger partial charge >= 0.3 is 0 Å². The van der Waals surface area contributed by atoms with Crippen LogP contribution in [0.3, 0.4) is 0 Å². The summed E-state index contributed by atoms with van der Waals surface area (Å²) in [6, 6.07) is 2.78. The van der Waals surface area contributed by atoms with Gasteiger partial charge in [-0.2, -0.15) is 9.64 Å². The number of hydrogen-bond donors (Lipinski definition) is 1. The third kappa shape index (κ3) is 3.69. The number of rotatable bonds is 6. The van der Waals surface area contributed by atoms with E-state index in [1.807, 2.05) is 6.92 Å². The Morgan fingerprint density at radius 2 is 2.29 bits per heavy atom. The van der Waals surface area contributed by atoms with Gasteiger partial charge in [-0.05, 0) is 38.8 Å². The van der Waals surface area contributed by atoms with Crippen molar-refractivity contribution in [1.29, 1.82) is 5.26 Å². The second-order valence-electron chi connectivity index (χ2n) is 4.25. The lowest BCUT2D eigenvalue weighted by atomic mass is 10.2. The summed E-state index contributed by atoms with van der Waals surface area (Å²) in [4.78, 5) is 2.31. The Morgan fingerprint density at radius 1 is 1.59 bits per heavy atom. The Labute approximate surface area is 107 Å². The van der Waals surface area contributed by atoms with Gasteiger partial charge in [-0.15, -0.1) is 0 Å². The largest absolute Gasteiger partial charge is 0.373 e. The van der Waals surface area contributed by atoms with E-state index >= 15 is 0 Å². The number of likely N-dealkylation sites (N-methyl/N-ethyl adjacent to an activating group) is 1. The maximum Gasteiger partial charge on any atom is 0.127 e. The molecule has 1 atom stereocenters. The Hall–Kier alpha value is -1.12. The molecular weight excluding hydrogens is 232 g/mol. The average Bonchev–Trinajstić information content (AvgIpc) is 2.68. The van der Waals surface area contributed by atoms with Crippen molar-refractivity contribution in [1.82, 2.24) is 9.27 Å². The molecular formula is C12H20N4S. The summed E-state index contributed by atoms with van der Waals surface area (Å²) in [5, 5.41) is 13.2. The predicted molar refractivity (Wildman–Crippen MR) is 72.4 cm³/mol. The zero-order chi connectivity index (χ0) is 12.8. The monoisotopic (exact) mass is 252 g/mol. The SMILES string of the molecule is CCC(C)N(C)CCNc1snc(C)c1C#N. The van der Waals surface area contributed by atoms with Gasteiger partial charge in [0.15, 0.2) is 0 Å². The lowest BCUT2D eigenvalue weighted by molar-refractivity contribution is 0.261. The van der Waals surface area contributed by atoms with Gasteiger partial charge in [0.05, 0.1) is 5.69 Å². The molecule has 0 aliphatic carbocycles. The van der Waals surface area contributed by atoms with Gasteiger partial charge in [-0.3, -0.25) is 0 Å². The normalized spacial score (nSPS) is 12.5. The molecule has 1 unspecified atom stereocenters. The summed E-state index contributed by atoms with van der Waals surface area (Å²) in [7, 11) is 2.12. The smallest absolute Gasteiger partial charge is 0.127 e. The van der Waals surface area contributed by atoms with Gasteiger partial charge in [-0.1, -0.05) is 6.92 Å². The first-order valence-electron chi connectivity index (χ1n) is 5.90. The lowest BCUT2D eigenvalue weighted by Gasteiger charge is -2.23. The molecule has 0 aliphatic rings. The van der Waals surface area contributed by atoms with Crippen molar-refractivity contribution >= 4 is 16.5 Å². The van der Waals surface area contributed by atoms with E-state index in [1.165, 1.54) is 11.5 Å². The fraction of sp³-hybridized carbons (Fsp3) is 0.667. The molecule has 0 aromatic carbocycles. The van der Waals surface area contributed by atoms with Crippen molar-refractivity contribution in [3.8, 4) is 6.07 Å². The van der Waals surface area contributed by atoms with E-state index in [-0.39, 0.29) is 0 Å². The first-order valence-corrected chi connectivity index (χ1v) is 6.68. The fourth-order valence-electron chi connectivity index (χ4n) is 1.50. The third-order valence-electron chi connectivity index (χ3n) is 3.07. The van der Waals surface area contributed by atoms with Crippen molar-refractivity contribution in [3.63, 3.8) is 0 Å². The van der Waals surface area contributed by atoms with Crippen molar-refractivity contribution in [2.75, 3.05) is 25.5 Å². The topological polar surface area (TPSA) is 52.0 Å². The summed E-state index contributed by atoms with van der Waals surface area (Å²) < 4.78 is 4.18. The molecule has 1 aromatic heterocycles. The average molecular weight is 252 g/mol. The Morgan fingerprint density at radius 3 is 2.88 bits per heavy atom. The van der Waals surface area contributed by atoms with Crippen molar-refractivity contribution < 1.29 is 0 Å². The van der Waals surface area contributed by atoms with Crippen molar-refractivity contribution in [2.45, 2.75) is 33.2 Å². The standard InChI is InChI=1S/C12H20N4S/c1-5-9(2)16(4)7-6-14-12-11(8-13)10(3)15-17-12/h9,14H,5-7H2,1-4H3. The quantitative estimate of drug-likeness (QED) is 0.845. The number of anilines is 1. The number of aromatic nitrogens is 1. The molecule has 1 aromatic rings. The van der Waals surface area contributed by atoms with Crippen LogP contribution in [0.2, 0.25) is 0 Å². The molecule has 1 rings (SSSR count). The molecule has 0 saturated carbocycles. The van der Waals surface area contributed by atoms with Gasteiger partial charge in [0.2, 0.25) is 0 Å². The molecule has 4 nitrogen and oxygen atoms in total. The molecule has 0 fully saturated rings. The van der Waals surface area contributed by atoms with Crippen LogP contribution in [0.15, 0.2) is 0 Å². The van der Waals surface area contributed by atoms with Crippen LogP contribution < -0.4 is 5.32 Å². The van der Waals surface area contributed by atoms with Crippen LogP contribution in [0.1, 0.15) is 31.5 Å². The number of nitrogens with one attached hydrogen (secondary N) is 1. The highest BCUT2D eigenvalue weighted by atomic mass is 32.1. The zero-order valence-electron chi connectivity index (χ0n) is 10.9. The molecule has 0 amide bonds. The molecule has 1 heterocycles. The van der Waals surface area contributed by atoms with Crippen LogP contribution in [-0.2, 0) is 0 Å². The van der Waals surface area contributed by atoms with Crippen LogP contribution in [0.4, 0.5) is 5.00 Å². The van der Waals surface area contributed by atoms with Crippen molar-refractivity contribution in [3.05, 3.63) is 11.3 Å². The molecule has 17 heavy (non-hydrogen) atoms. The number of nitriles is 1. The maximum atomic E-state index is 8.99. The molecule has 0 saturated heterocycles. The van der Waals surface area contributed by atoms with Crippen LogP contribution in [0.25, 0.3) is 0 Å². The second kappa shape index (κ2) is 6.58. The van der Waals surface area contributed by atoms with Gasteiger partial charge < -0.3 is 10.2 Å². The molecule has 0 bridgehead atoms. The van der Waals surface area contributed by atoms with E-state index < -0.39 is 0 Å². The highest BCUT2D eigenvalue weighted by Gasteiger charge is 2.10. The first kappa shape index (κ1) is 13.9. The summed E-state index contributed by atoms with van der Waals surface area (Å²) >= 11 is 1.36. The highest BCUT2D eigenvalue weighted by molar-refractivity contribution is 7.10. The van der Waals surface area contributed by atoms with E-state index in [1.54, 1.807) is 0 Å². The van der Waals surface area contributed by atoms with Crippen LogP contribution in [0, 0.1) is 18.3 Å². The molecule has 0 radical (unpaired) electrons. The Balaban J connectivity index is 2.44. The summed E-state index contributed by atoms with van der Waals surface area (Å²) in [6.07, 6.45) is 1.15. The van der Waals surface area contributed by atoms with Crippen LogP contribution in [-0.4, -0.2) is 35.5 Å². The lowest BCUT2D eigenvalue weighted by Crippen LogP contribution is -2.32. The zero-order valence-corrected chi connectivity index (χ0v) is 11.8. The Kier molecular flexibility index (Phi) is 5.39. The highest BCUT2D eigenvalue weighted by Crippen LogP contribution is 2.22. The summed E-state index contributed by atoms with van der Waals surface area (Å²) in [6.45, 7) is 8.09. The minimum absolute atomic E-state index is 0.593. The first-order chi connectivity index (χ1) is 8.10. The predicted octanol–water partition coefficient (Wildman–Crippen LogP) is 2.47. The van der Waals surface area contributed by atoms with E-state index in [2.05, 4.69) is 41.6 Å². The Bertz CT molecular complexity index is 394. The molecule has 5 heteroatoms. The maximum absolute atomic E-state index is 8.99. The minimum atomic E-state index is 0.593. The van der Waals surface area contributed by atoms with Gasteiger partial charge in [0, 0.05) is 19.1 Å². The third-order valence-corrected chi connectivity index (χ3v) is 3.96. The molecule has 0 aliphatic heterocycles. The fourth-order valence-corrected chi connectivity index (χ4v) is 2.27. The molecule has 94 valence electrons. The second-order valence-corrected chi connectivity index (χ2v) is 5.02. The summed E-state index contributed by atoms with van der Waals surface area (Å²) in [5.74, 6) is 0. The van der Waals surface area contributed by atoms with Crippen molar-refractivity contribution in [2.24, 2.45) is 0 Å². The van der Waals surface area contributed by atoms with Crippen LogP contribution >= 0.6 is 11.5 Å². The number of aryl methyl sites for hydroxylation is 1. The number of hydrogen-bond acceptors (Lipinski definition) is 5. The molecule has 0 spiro atoms. The van der Waals surface area contributed by atoms with E-state index in [0.29, 0.717) is 11.6 Å². The van der Waals surface area contributed by atoms with Gasteiger partial charge in [0.25, 0.3) is 0 Å². The van der Waals surface area contributed by atoms with Gasteiger partial charge in [-0.25, -0.2) is 0 Å². The number of nitrogens with zero attached hydrogens (tertiary/aromatic N) is 3. The van der Waals surface area contributed by atoms with E-state index in [4.69, 9.17) is 5.26 Å². The molecule has 1 N–H and O–H groups in total. The van der Waals surface area contributed by atoms with E-state index in [9.17, 15) is 0 Å². The summed E-state index contributed by atoms with van der Waals surface area (Å²) in [5.41, 5.74) is 1.50. The van der Waals surface area contributed by atoms with E-state index in [0.717, 1.165) is 30.2 Å². The van der Waals surface area contributed by atoms with Gasteiger partial charge in [0.1, 0.15) is 16.6 Å².